The van der Waals surface area contributed by atoms with Crippen molar-refractivity contribution < 1.29 is 9.47 Å². The van der Waals surface area contributed by atoms with Crippen LogP contribution in [0.3, 0.4) is 0 Å². The highest BCUT2D eigenvalue weighted by Crippen LogP contribution is 2.33. The molecule has 0 spiro atoms. The molecule has 0 radical (unpaired) electrons. The first-order chi connectivity index (χ1) is 9.28. The molecule has 0 saturated carbocycles. The van der Waals surface area contributed by atoms with Crippen molar-refractivity contribution in [3.63, 3.8) is 0 Å². The molecule has 0 atom stereocenters. The molecule has 19 heavy (non-hydrogen) atoms. The van der Waals surface area contributed by atoms with Gasteiger partial charge in [-0.25, -0.2) is 9.97 Å². The van der Waals surface area contributed by atoms with Crippen LogP contribution in [0, 0.1) is 0 Å². The third-order valence-corrected chi connectivity index (χ3v) is 2.92. The molecule has 1 aromatic carbocycles. The minimum absolute atomic E-state index is 0.327. The van der Waals surface area contributed by atoms with Crippen LogP contribution in [-0.2, 0) is 6.54 Å². The second-order valence-corrected chi connectivity index (χ2v) is 4.17. The van der Waals surface area contributed by atoms with Crippen LogP contribution in [0.15, 0.2) is 24.4 Å². The maximum atomic E-state index is 5.82. The molecule has 6 heteroatoms. The Balaban J connectivity index is 2.00. The Labute approximate surface area is 110 Å². The third-order valence-electron chi connectivity index (χ3n) is 2.92. The first-order valence-electron chi connectivity index (χ1n) is 5.99. The normalized spacial score (nSPS) is 13.3. The van der Waals surface area contributed by atoms with Crippen LogP contribution in [0.4, 0.5) is 5.82 Å². The molecule has 0 fully saturated rings. The quantitative estimate of drug-likeness (QED) is 0.832. The zero-order chi connectivity index (χ0) is 13.2. The van der Waals surface area contributed by atoms with Crippen molar-refractivity contribution >= 4 is 5.82 Å². The maximum absolute atomic E-state index is 5.82. The van der Waals surface area contributed by atoms with E-state index < -0.39 is 0 Å². The lowest BCUT2D eigenvalue weighted by atomic mass is 10.1. The van der Waals surface area contributed by atoms with Gasteiger partial charge in [0.1, 0.15) is 19.0 Å². The van der Waals surface area contributed by atoms with E-state index >= 15 is 0 Å². The van der Waals surface area contributed by atoms with Crippen molar-refractivity contribution in [3.05, 3.63) is 30.0 Å². The summed E-state index contributed by atoms with van der Waals surface area (Å²) in [7, 11) is 0. The number of hydrogen-bond acceptors (Lipinski definition) is 6. The topological polar surface area (TPSA) is 96.3 Å². The van der Waals surface area contributed by atoms with Crippen LogP contribution in [0.25, 0.3) is 11.4 Å². The van der Waals surface area contributed by atoms with Gasteiger partial charge in [0.05, 0.1) is 0 Å². The van der Waals surface area contributed by atoms with Crippen LogP contribution in [0.5, 0.6) is 11.5 Å². The number of hydrogen-bond donors (Lipinski definition) is 2. The summed E-state index contributed by atoms with van der Waals surface area (Å²) in [6.45, 7) is 1.44. The van der Waals surface area contributed by atoms with Crippen LogP contribution >= 0.6 is 0 Å². The average molecular weight is 258 g/mol. The maximum Gasteiger partial charge on any atom is 0.162 e. The monoisotopic (exact) mass is 258 g/mol. The van der Waals surface area contributed by atoms with Gasteiger partial charge in [0.25, 0.3) is 0 Å². The Bertz CT molecular complexity index is 616. The lowest BCUT2D eigenvalue weighted by molar-refractivity contribution is 0.171. The van der Waals surface area contributed by atoms with Crippen molar-refractivity contribution in [2.24, 2.45) is 5.73 Å². The van der Waals surface area contributed by atoms with Crippen molar-refractivity contribution in [3.8, 4) is 22.9 Å². The fourth-order valence-corrected chi connectivity index (χ4v) is 1.90. The molecule has 6 nitrogen and oxygen atoms in total. The Morgan fingerprint density at radius 3 is 2.68 bits per heavy atom. The molecule has 98 valence electrons. The molecule has 3 rings (SSSR count). The largest absolute Gasteiger partial charge is 0.486 e. The van der Waals surface area contributed by atoms with Gasteiger partial charge >= 0.3 is 0 Å². The van der Waals surface area contributed by atoms with Crippen molar-refractivity contribution in [1.82, 2.24) is 9.97 Å². The number of aromatic nitrogens is 2. The van der Waals surface area contributed by atoms with Crippen LogP contribution in [0.2, 0.25) is 0 Å². The van der Waals surface area contributed by atoms with E-state index in [1.54, 1.807) is 6.20 Å². The summed E-state index contributed by atoms with van der Waals surface area (Å²) in [6.07, 6.45) is 1.65. The van der Waals surface area contributed by atoms with Gasteiger partial charge < -0.3 is 20.9 Å². The lowest BCUT2D eigenvalue weighted by Crippen LogP contribution is -2.15. The summed E-state index contributed by atoms with van der Waals surface area (Å²) in [4.78, 5) is 8.52. The molecule has 2 aromatic rings. The highest BCUT2D eigenvalue weighted by atomic mass is 16.6. The number of fused-ring (bicyclic) bond motifs is 1. The van der Waals surface area contributed by atoms with Gasteiger partial charge in [-0.15, -0.1) is 0 Å². The number of nitrogens with zero attached hydrogens (tertiary/aromatic N) is 2. The van der Waals surface area contributed by atoms with Crippen LogP contribution in [0.1, 0.15) is 5.56 Å². The van der Waals surface area contributed by atoms with E-state index in [0.29, 0.717) is 37.2 Å². The predicted octanol–water partition coefficient (Wildman–Crippen LogP) is 0.956. The summed E-state index contributed by atoms with van der Waals surface area (Å²) in [6, 6.07) is 5.58. The van der Waals surface area contributed by atoms with Crippen LogP contribution in [-0.4, -0.2) is 23.2 Å². The Morgan fingerprint density at radius 2 is 1.95 bits per heavy atom. The molecule has 1 aliphatic rings. The van der Waals surface area contributed by atoms with Gasteiger partial charge in [-0.05, 0) is 18.2 Å². The molecule has 0 saturated heterocycles. The van der Waals surface area contributed by atoms with Gasteiger partial charge in [0.2, 0.25) is 0 Å². The van der Waals surface area contributed by atoms with Gasteiger partial charge in [-0.2, -0.15) is 0 Å². The SMILES string of the molecule is NCc1cnc(-c2ccc3c(c2)OCCO3)nc1N. The van der Waals surface area contributed by atoms with Crippen molar-refractivity contribution in [2.45, 2.75) is 6.54 Å². The zero-order valence-corrected chi connectivity index (χ0v) is 10.3. The second kappa shape index (κ2) is 4.74. The third kappa shape index (κ3) is 2.17. The van der Waals surface area contributed by atoms with E-state index in [1.807, 2.05) is 18.2 Å². The fourth-order valence-electron chi connectivity index (χ4n) is 1.90. The first-order valence-corrected chi connectivity index (χ1v) is 5.99. The Hall–Kier alpha value is -2.34. The number of rotatable bonds is 2. The number of nitrogen functional groups attached to an aromatic ring is 1. The Morgan fingerprint density at radius 1 is 1.16 bits per heavy atom. The van der Waals surface area contributed by atoms with E-state index in [9.17, 15) is 0 Å². The van der Waals surface area contributed by atoms with Gasteiger partial charge in [-0.3, -0.25) is 0 Å². The highest BCUT2D eigenvalue weighted by molar-refractivity contribution is 5.62. The van der Waals surface area contributed by atoms with Gasteiger partial charge in [0, 0.05) is 23.9 Å². The number of benzene rings is 1. The standard InChI is InChI=1S/C13H14N4O2/c14-6-9-7-16-13(17-12(9)15)8-1-2-10-11(5-8)19-4-3-18-10/h1-2,5,7H,3-4,6,14H2,(H2,15,16,17). The summed E-state index contributed by atoms with van der Waals surface area (Å²) >= 11 is 0. The number of anilines is 1. The predicted molar refractivity (Wildman–Crippen MR) is 70.8 cm³/mol. The smallest absolute Gasteiger partial charge is 0.162 e. The highest BCUT2D eigenvalue weighted by Gasteiger charge is 2.14. The van der Waals surface area contributed by atoms with Crippen LogP contribution < -0.4 is 20.9 Å². The van der Waals surface area contributed by atoms with E-state index in [0.717, 1.165) is 16.9 Å². The van der Waals surface area contributed by atoms with E-state index in [2.05, 4.69) is 9.97 Å². The van der Waals surface area contributed by atoms with E-state index in [-0.39, 0.29) is 0 Å². The number of nitrogens with two attached hydrogens (primary N) is 2. The van der Waals surface area contributed by atoms with Gasteiger partial charge in [0.15, 0.2) is 17.3 Å². The average Bonchev–Trinajstić information content (AvgIpc) is 2.46. The fraction of sp³-hybridized carbons (Fsp3) is 0.231. The number of ether oxygens (including phenoxy) is 2. The molecule has 1 aromatic heterocycles. The molecular formula is C13H14N4O2. The minimum atomic E-state index is 0.327. The molecule has 1 aliphatic heterocycles. The Kier molecular flexibility index (Phi) is 2.92. The minimum Gasteiger partial charge on any atom is -0.486 e. The molecule has 0 amide bonds. The molecule has 0 unspecified atom stereocenters. The molecule has 0 aliphatic carbocycles. The summed E-state index contributed by atoms with van der Waals surface area (Å²) in [5, 5.41) is 0. The molecular weight excluding hydrogens is 244 g/mol. The first kappa shape index (κ1) is 11.7. The van der Waals surface area contributed by atoms with E-state index in [1.165, 1.54) is 0 Å². The zero-order valence-electron chi connectivity index (χ0n) is 10.3. The van der Waals surface area contributed by atoms with Crippen molar-refractivity contribution in [1.29, 1.82) is 0 Å². The van der Waals surface area contributed by atoms with Crippen molar-refractivity contribution in [2.75, 3.05) is 18.9 Å². The molecule has 2 heterocycles. The molecule has 0 bridgehead atoms. The summed E-state index contributed by atoms with van der Waals surface area (Å²) in [5.41, 5.74) is 12.9. The molecule has 4 N–H and O–H groups in total. The second-order valence-electron chi connectivity index (χ2n) is 4.17. The van der Waals surface area contributed by atoms with Gasteiger partial charge in [-0.1, -0.05) is 0 Å². The summed E-state index contributed by atoms with van der Waals surface area (Å²) < 4.78 is 11.0. The lowest BCUT2D eigenvalue weighted by Gasteiger charge is -2.18. The summed E-state index contributed by atoms with van der Waals surface area (Å²) in [5.74, 6) is 2.39. The van der Waals surface area contributed by atoms with E-state index in [4.69, 9.17) is 20.9 Å².